The van der Waals surface area contributed by atoms with Gasteiger partial charge >= 0.3 is 6.03 Å². The molecule has 2 rings (SSSR count). The summed E-state index contributed by atoms with van der Waals surface area (Å²) in [4.78, 5) is 30.9. The van der Waals surface area contributed by atoms with Gasteiger partial charge in [0.05, 0.1) is 16.9 Å². The minimum Gasteiger partial charge on any atom is -0.338 e. The van der Waals surface area contributed by atoms with E-state index in [0.29, 0.717) is 28.3 Å². The number of nitrogens with one attached hydrogen (secondary N) is 1. The van der Waals surface area contributed by atoms with E-state index in [1.807, 2.05) is 6.92 Å². The maximum atomic E-state index is 12.5. The van der Waals surface area contributed by atoms with Crippen LogP contribution in [0.1, 0.15) is 38.6 Å². The third-order valence-electron chi connectivity index (χ3n) is 4.15. The molecule has 7 heteroatoms. The van der Waals surface area contributed by atoms with Crippen LogP contribution in [-0.2, 0) is 7.05 Å². The lowest BCUT2D eigenvalue weighted by Gasteiger charge is -2.26. The molecule has 130 valence electrons. The Bertz CT molecular complexity index is 803. The van der Waals surface area contributed by atoms with Crippen LogP contribution in [0, 0.1) is 0 Å². The zero-order valence-electron chi connectivity index (χ0n) is 14.5. The second-order valence-electron chi connectivity index (χ2n) is 5.87. The van der Waals surface area contributed by atoms with Gasteiger partial charge in [-0.3, -0.25) is 9.36 Å². The van der Waals surface area contributed by atoms with E-state index in [-0.39, 0.29) is 17.6 Å². The second-order valence-corrected chi connectivity index (χ2v) is 6.30. The average molecular weight is 351 g/mol. The molecule has 1 aromatic heterocycles. The summed E-state index contributed by atoms with van der Waals surface area (Å²) in [7, 11) is 3.36. The van der Waals surface area contributed by atoms with Gasteiger partial charge < -0.3 is 10.2 Å². The van der Waals surface area contributed by atoms with Crippen LogP contribution >= 0.6 is 11.6 Å². The van der Waals surface area contributed by atoms with Crippen LogP contribution < -0.4 is 10.9 Å². The van der Waals surface area contributed by atoms with Crippen molar-refractivity contribution in [2.45, 2.75) is 32.7 Å². The fourth-order valence-corrected chi connectivity index (χ4v) is 2.65. The lowest BCUT2D eigenvalue weighted by molar-refractivity contribution is 0.191. The summed E-state index contributed by atoms with van der Waals surface area (Å²) in [6, 6.07) is 4.46. The zero-order chi connectivity index (χ0) is 17.9. The van der Waals surface area contributed by atoms with Crippen LogP contribution in [-0.4, -0.2) is 34.1 Å². The summed E-state index contributed by atoms with van der Waals surface area (Å²) in [6.07, 6.45) is 1.94. The Morgan fingerprint density at radius 3 is 2.83 bits per heavy atom. The Labute approximate surface area is 146 Å². The third-order valence-corrected chi connectivity index (χ3v) is 4.39. The molecule has 0 bridgehead atoms. The highest BCUT2D eigenvalue weighted by Crippen LogP contribution is 2.20. The number of halogens is 1. The lowest BCUT2D eigenvalue weighted by Crippen LogP contribution is -2.41. The first-order valence-electron chi connectivity index (χ1n) is 8.03. The van der Waals surface area contributed by atoms with Gasteiger partial charge in [0.2, 0.25) is 0 Å². The first-order valence-corrected chi connectivity index (χ1v) is 8.41. The van der Waals surface area contributed by atoms with E-state index in [4.69, 9.17) is 11.6 Å². The fraction of sp³-hybridized carbons (Fsp3) is 0.471. The Balaban J connectivity index is 2.35. The number of unbranched alkanes of at least 4 members (excludes halogenated alkanes) is 1. The van der Waals surface area contributed by atoms with Gasteiger partial charge in [0.25, 0.3) is 5.56 Å². The van der Waals surface area contributed by atoms with Crippen LogP contribution in [0.5, 0.6) is 0 Å². The SMILES string of the molecule is CCCCNC(=O)N(C)C(C)c1nc2cc(Cl)ccc2c(=O)n1C. The lowest BCUT2D eigenvalue weighted by atomic mass is 10.2. The van der Waals surface area contributed by atoms with E-state index in [0.717, 1.165) is 12.8 Å². The molecule has 0 aliphatic carbocycles. The van der Waals surface area contributed by atoms with Gasteiger partial charge in [0, 0.05) is 25.7 Å². The van der Waals surface area contributed by atoms with Gasteiger partial charge in [-0.2, -0.15) is 0 Å². The van der Waals surface area contributed by atoms with Crippen molar-refractivity contribution in [2.24, 2.45) is 7.05 Å². The van der Waals surface area contributed by atoms with Crippen molar-refractivity contribution in [2.75, 3.05) is 13.6 Å². The van der Waals surface area contributed by atoms with Crippen molar-refractivity contribution in [3.05, 3.63) is 39.4 Å². The number of hydrogen-bond acceptors (Lipinski definition) is 3. The number of fused-ring (bicyclic) bond motifs is 1. The quantitative estimate of drug-likeness (QED) is 0.842. The zero-order valence-corrected chi connectivity index (χ0v) is 15.2. The molecule has 2 aromatic rings. The highest BCUT2D eigenvalue weighted by molar-refractivity contribution is 6.31. The average Bonchev–Trinajstić information content (AvgIpc) is 2.56. The molecule has 24 heavy (non-hydrogen) atoms. The van der Waals surface area contributed by atoms with Crippen molar-refractivity contribution in [3.63, 3.8) is 0 Å². The normalized spacial score (nSPS) is 12.2. The van der Waals surface area contributed by atoms with E-state index in [1.54, 1.807) is 37.2 Å². The van der Waals surface area contributed by atoms with Gasteiger partial charge in [-0.05, 0) is 31.5 Å². The maximum Gasteiger partial charge on any atom is 0.317 e. The van der Waals surface area contributed by atoms with Gasteiger partial charge in [0.1, 0.15) is 5.82 Å². The molecule has 0 aliphatic rings. The Morgan fingerprint density at radius 1 is 1.46 bits per heavy atom. The number of hydrogen-bond donors (Lipinski definition) is 1. The van der Waals surface area contributed by atoms with Gasteiger partial charge in [0.15, 0.2) is 0 Å². The van der Waals surface area contributed by atoms with Crippen molar-refractivity contribution < 1.29 is 4.79 Å². The molecule has 1 N–H and O–H groups in total. The molecule has 1 heterocycles. The van der Waals surface area contributed by atoms with Crippen LogP contribution in [0.15, 0.2) is 23.0 Å². The van der Waals surface area contributed by atoms with E-state index < -0.39 is 0 Å². The smallest absolute Gasteiger partial charge is 0.317 e. The summed E-state index contributed by atoms with van der Waals surface area (Å²) < 4.78 is 1.48. The Kier molecular flexibility index (Phi) is 5.83. The van der Waals surface area contributed by atoms with Gasteiger partial charge in [-0.1, -0.05) is 24.9 Å². The van der Waals surface area contributed by atoms with E-state index >= 15 is 0 Å². The summed E-state index contributed by atoms with van der Waals surface area (Å²) >= 11 is 6.00. The predicted molar refractivity (Wildman–Crippen MR) is 96.5 cm³/mol. The fourth-order valence-electron chi connectivity index (χ4n) is 2.48. The molecule has 0 radical (unpaired) electrons. The van der Waals surface area contributed by atoms with Crippen molar-refractivity contribution in [3.8, 4) is 0 Å². The summed E-state index contributed by atoms with van der Waals surface area (Å²) in [5.74, 6) is 0.517. The first-order chi connectivity index (χ1) is 11.4. The van der Waals surface area contributed by atoms with Crippen LogP contribution in [0.4, 0.5) is 4.79 Å². The third kappa shape index (κ3) is 3.70. The number of carbonyl (C=O) groups excluding carboxylic acids is 1. The van der Waals surface area contributed by atoms with Crippen LogP contribution in [0.2, 0.25) is 5.02 Å². The molecule has 0 saturated carbocycles. The van der Waals surface area contributed by atoms with E-state index in [1.165, 1.54) is 4.57 Å². The molecule has 1 atom stereocenters. The van der Waals surface area contributed by atoms with Gasteiger partial charge in [-0.15, -0.1) is 0 Å². The number of nitrogens with zero attached hydrogens (tertiary/aromatic N) is 3. The largest absolute Gasteiger partial charge is 0.338 e. The highest BCUT2D eigenvalue weighted by Gasteiger charge is 2.22. The van der Waals surface area contributed by atoms with Crippen molar-refractivity contribution >= 4 is 28.5 Å². The van der Waals surface area contributed by atoms with Crippen LogP contribution in [0.25, 0.3) is 10.9 Å². The van der Waals surface area contributed by atoms with Crippen molar-refractivity contribution in [1.82, 2.24) is 19.8 Å². The molecule has 2 amide bonds. The van der Waals surface area contributed by atoms with Crippen molar-refractivity contribution in [1.29, 1.82) is 0 Å². The molecular formula is C17H23ClN4O2. The highest BCUT2D eigenvalue weighted by atomic mass is 35.5. The number of benzene rings is 1. The molecule has 0 spiro atoms. The standard InChI is InChI=1S/C17H23ClN4O2/c1-5-6-9-19-17(24)21(3)11(2)15-20-14-10-12(18)7-8-13(14)16(23)22(15)4/h7-8,10-11H,5-6,9H2,1-4H3,(H,19,24). The Hall–Kier alpha value is -2.08. The maximum absolute atomic E-state index is 12.5. The molecule has 0 fully saturated rings. The van der Waals surface area contributed by atoms with E-state index in [2.05, 4.69) is 17.2 Å². The molecule has 0 saturated heterocycles. The molecule has 1 unspecified atom stereocenters. The van der Waals surface area contributed by atoms with Crippen LogP contribution in [0.3, 0.4) is 0 Å². The summed E-state index contributed by atoms with van der Waals surface area (Å²) in [5, 5.41) is 3.89. The number of aromatic nitrogens is 2. The minimum absolute atomic E-state index is 0.154. The van der Waals surface area contributed by atoms with E-state index in [9.17, 15) is 9.59 Å². The van der Waals surface area contributed by atoms with Gasteiger partial charge in [-0.25, -0.2) is 9.78 Å². The minimum atomic E-state index is -0.354. The number of rotatable bonds is 5. The molecule has 6 nitrogen and oxygen atoms in total. The molecular weight excluding hydrogens is 328 g/mol. The number of amides is 2. The summed E-state index contributed by atoms with van der Waals surface area (Å²) in [5.41, 5.74) is 0.380. The number of urea groups is 1. The second kappa shape index (κ2) is 7.66. The summed E-state index contributed by atoms with van der Waals surface area (Å²) in [6.45, 7) is 4.54. The monoisotopic (exact) mass is 350 g/mol. The Morgan fingerprint density at radius 2 is 2.17 bits per heavy atom. The molecule has 0 aliphatic heterocycles. The topological polar surface area (TPSA) is 67.2 Å². The number of carbonyl (C=O) groups is 1. The first kappa shape index (κ1) is 18.3. The molecule has 1 aromatic carbocycles. The predicted octanol–water partition coefficient (Wildman–Crippen LogP) is 3.09.